The fourth-order valence-electron chi connectivity index (χ4n) is 5.86. The molecule has 7 rings (SSSR count). The highest BCUT2D eigenvalue weighted by Gasteiger charge is 2.47. The molecule has 0 aliphatic carbocycles. The quantitative estimate of drug-likeness (QED) is 0.139. The van der Waals surface area contributed by atoms with Crippen LogP contribution in [0.3, 0.4) is 0 Å². The van der Waals surface area contributed by atoms with Crippen molar-refractivity contribution in [3.63, 3.8) is 0 Å². The average Bonchev–Trinajstić information content (AvgIpc) is 3.20. The first-order valence-corrected chi connectivity index (χ1v) is 16.9. The highest BCUT2D eigenvalue weighted by atomic mass is 79.9. The van der Waals surface area contributed by atoms with Gasteiger partial charge in [-0.25, -0.2) is 20.4 Å². The first-order chi connectivity index (χ1) is 23.3. The number of nitrogens with zero attached hydrogens (tertiary/aromatic N) is 4. The van der Waals surface area contributed by atoms with Crippen LogP contribution in [0.25, 0.3) is 0 Å². The summed E-state index contributed by atoms with van der Waals surface area (Å²) in [5.41, 5.74) is 11.9. The van der Waals surface area contributed by atoms with E-state index >= 15 is 0 Å². The molecular formula is C36H37Br2ClN6O4. The lowest BCUT2D eigenvalue weighted by Gasteiger charge is -2.28. The molecule has 4 aromatic carbocycles. The van der Waals surface area contributed by atoms with Gasteiger partial charge in [-0.05, 0) is 47.5 Å². The predicted octanol–water partition coefficient (Wildman–Crippen LogP) is 7.66. The second-order valence-electron chi connectivity index (χ2n) is 11.3. The molecule has 0 aromatic heterocycles. The van der Waals surface area contributed by atoms with Crippen molar-refractivity contribution in [3.05, 3.63) is 128 Å². The first-order valence-electron chi connectivity index (χ1n) is 15.3. The van der Waals surface area contributed by atoms with E-state index in [-0.39, 0.29) is 24.2 Å². The third-order valence-electron chi connectivity index (χ3n) is 8.09. The van der Waals surface area contributed by atoms with Gasteiger partial charge in [0.05, 0.1) is 24.5 Å². The number of rotatable bonds is 2. The highest BCUT2D eigenvalue weighted by Crippen LogP contribution is 2.48. The topological polar surface area (TPSA) is 138 Å². The molecule has 0 fully saturated rings. The zero-order valence-electron chi connectivity index (χ0n) is 26.9. The van der Waals surface area contributed by atoms with E-state index in [1.54, 1.807) is 12.5 Å². The molecule has 49 heavy (non-hydrogen) atoms. The van der Waals surface area contributed by atoms with E-state index < -0.39 is 5.72 Å². The molecule has 3 aliphatic heterocycles. The summed E-state index contributed by atoms with van der Waals surface area (Å²) in [5.74, 6) is 2.29. The summed E-state index contributed by atoms with van der Waals surface area (Å²) in [6, 6.07) is 32.2. The molecule has 0 bridgehead atoms. The van der Waals surface area contributed by atoms with Gasteiger partial charge >= 0.3 is 0 Å². The Labute approximate surface area is 309 Å². The van der Waals surface area contributed by atoms with Crippen LogP contribution in [0.1, 0.15) is 46.9 Å². The lowest BCUT2D eigenvalue weighted by Crippen LogP contribution is -2.32. The van der Waals surface area contributed by atoms with Gasteiger partial charge in [-0.2, -0.15) is 10.3 Å². The van der Waals surface area contributed by atoms with Crippen LogP contribution in [-0.4, -0.2) is 49.3 Å². The summed E-state index contributed by atoms with van der Waals surface area (Å²) in [6.07, 6.45) is 3.27. The van der Waals surface area contributed by atoms with Crippen LogP contribution in [0.2, 0.25) is 0 Å². The predicted molar refractivity (Wildman–Crippen MR) is 199 cm³/mol. The van der Waals surface area contributed by atoms with Crippen molar-refractivity contribution in [3.8, 4) is 17.7 Å². The van der Waals surface area contributed by atoms with Crippen LogP contribution in [-0.2, 0) is 10.6 Å². The van der Waals surface area contributed by atoms with Crippen molar-refractivity contribution in [2.45, 2.75) is 30.4 Å². The van der Waals surface area contributed by atoms with Gasteiger partial charge < -0.3 is 20.4 Å². The molecule has 13 heteroatoms. The maximum atomic E-state index is 8.97. The van der Waals surface area contributed by atoms with E-state index in [9.17, 15) is 0 Å². The van der Waals surface area contributed by atoms with Crippen molar-refractivity contribution in [1.29, 1.82) is 5.26 Å². The molecular weight excluding hydrogens is 776 g/mol. The zero-order chi connectivity index (χ0) is 34.1. The molecule has 0 radical (unpaired) electrons. The van der Waals surface area contributed by atoms with Gasteiger partial charge in [-0.15, -0.1) is 12.4 Å². The smallest absolute Gasteiger partial charge is 0.218 e. The Morgan fingerprint density at radius 2 is 1.47 bits per heavy atom. The number of hydroxylamine groups is 3. The number of benzene rings is 4. The number of fused-ring (bicyclic) bond motifs is 3. The Hall–Kier alpha value is -3.96. The summed E-state index contributed by atoms with van der Waals surface area (Å²) >= 11 is 6.99. The van der Waals surface area contributed by atoms with Crippen molar-refractivity contribution in [1.82, 2.24) is 10.5 Å². The zero-order valence-corrected chi connectivity index (χ0v) is 30.9. The lowest BCUT2D eigenvalue weighted by molar-refractivity contribution is -0.177. The van der Waals surface area contributed by atoms with Gasteiger partial charge in [0.2, 0.25) is 17.9 Å². The third-order valence-corrected chi connectivity index (χ3v) is 9.08. The van der Waals surface area contributed by atoms with E-state index in [0.29, 0.717) is 32.0 Å². The van der Waals surface area contributed by atoms with Gasteiger partial charge in [0, 0.05) is 53.3 Å². The average molecular weight is 813 g/mol. The van der Waals surface area contributed by atoms with Crippen molar-refractivity contribution >= 4 is 55.9 Å². The van der Waals surface area contributed by atoms with E-state index in [1.807, 2.05) is 79.0 Å². The molecule has 0 saturated carbocycles. The fraction of sp³-hybridized carbons (Fsp3) is 0.250. The van der Waals surface area contributed by atoms with Crippen LogP contribution in [0, 0.1) is 11.5 Å². The second kappa shape index (κ2) is 17.6. The number of nitriles is 1. The molecule has 3 aliphatic rings. The van der Waals surface area contributed by atoms with Crippen LogP contribution >= 0.6 is 44.3 Å². The summed E-state index contributed by atoms with van der Waals surface area (Å²) in [7, 11) is 3.20. The Kier molecular flexibility index (Phi) is 13.6. The summed E-state index contributed by atoms with van der Waals surface area (Å²) in [6.45, 7) is 1.16. The van der Waals surface area contributed by atoms with Gasteiger partial charge in [0.1, 0.15) is 11.5 Å². The SMILES string of the molecule is CN1OC2(CC(c3ccccc3)COc3ccc(Br)cc32)N=C1N.CNO.Cl.N#CN=C1CC(c2ccccc2)COc2ccc(Br)cc21. The molecule has 4 aromatic rings. The van der Waals surface area contributed by atoms with Gasteiger partial charge in [-0.1, -0.05) is 92.5 Å². The van der Waals surface area contributed by atoms with Gasteiger partial charge in [0.15, 0.2) is 0 Å². The molecule has 3 unspecified atom stereocenters. The van der Waals surface area contributed by atoms with E-state index in [2.05, 4.69) is 66.1 Å². The number of hydrogen-bond donors (Lipinski definition) is 3. The number of hydrogen-bond acceptors (Lipinski definition) is 10. The molecule has 0 amide bonds. The van der Waals surface area contributed by atoms with E-state index in [4.69, 9.17) is 30.5 Å². The van der Waals surface area contributed by atoms with Crippen LogP contribution in [0.5, 0.6) is 11.5 Å². The molecule has 3 heterocycles. The molecule has 256 valence electrons. The number of ether oxygens (including phenoxy) is 2. The van der Waals surface area contributed by atoms with E-state index in [0.717, 1.165) is 37.3 Å². The van der Waals surface area contributed by atoms with Crippen molar-refractivity contribution in [2.24, 2.45) is 15.7 Å². The number of nitrogens with one attached hydrogen (secondary N) is 1. The van der Waals surface area contributed by atoms with E-state index in [1.165, 1.54) is 23.2 Å². The van der Waals surface area contributed by atoms with Crippen LogP contribution < -0.4 is 20.7 Å². The maximum absolute atomic E-state index is 8.97. The minimum Gasteiger partial charge on any atom is -0.492 e. The first kappa shape index (κ1) is 37.9. The van der Waals surface area contributed by atoms with Crippen LogP contribution in [0.4, 0.5) is 0 Å². The van der Waals surface area contributed by atoms with Gasteiger partial charge in [-0.3, -0.25) is 0 Å². The number of halogens is 3. The lowest BCUT2D eigenvalue weighted by atomic mass is 9.88. The molecule has 4 N–H and O–H groups in total. The Bertz CT molecular complexity index is 1810. The number of aliphatic imine (C=N–C) groups is 2. The van der Waals surface area contributed by atoms with Crippen LogP contribution in [0.15, 0.2) is 116 Å². The number of guanidine groups is 1. The van der Waals surface area contributed by atoms with Gasteiger partial charge in [0.25, 0.3) is 0 Å². The summed E-state index contributed by atoms with van der Waals surface area (Å²) in [4.78, 5) is 14.8. The molecule has 1 spiro atoms. The second-order valence-corrected chi connectivity index (χ2v) is 13.1. The normalized spacial score (nSPS) is 21.3. The van der Waals surface area contributed by atoms with Crippen molar-refractivity contribution in [2.75, 3.05) is 27.3 Å². The Morgan fingerprint density at radius 1 is 0.918 bits per heavy atom. The minimum absolute atomic E-state index is 0. The third kappa shape index (κ3) is 9.19. The monoisotopic (exact) mass is 810 g/mol. The summed E-state index contributed by atoms with van der Waals surface area (Å²) in [5, 5.41) is 17.8. The maximum Gasteiger partial charge on any atom is 0.218 e. The fourth-order valence-corrected chi connectivity index (χ4v) is 6.58. The molecule has 3 atom stereocenters. The standard InChI is InChI=1S/C18H18BrN3O2.C17H13BrN2O.CH5NO.ClH/c1-22-17(20)21-18(24-22)10-13(12-5-3-2-4-6-12)11-23-16-8-7-14(19)9-15(16)18;18-14-6-7-17-15(9-14)16(20-11-19)8-13(10-21-17)12-4-2-1-3-5-12;1-2-3;/h2-9,13H,10-11H2,1H3,(H2,20,21);1-7,9,13H,8,10H2;2-3H,1H3;1H. The largest absolute Gasteiger partial charge is 0.492 e. The molecule has 10 nitrogen and oxygen atoms in total. The molecule has 0 saturated heterocycles. The Morgan fingerprint density at radius 3 is 2.06 bits per heavy atom. The highest BCUT2D eigenvalue weighted by molar-refractivity contribution is 9.10. The Balaban J connectivity index is 0.000000202. The minimum atomic E-state index is -0.866. The summed E-state index contributed by atoms with van der Waals surface area (Å²) < 4.78 is 13.9. The number of nitrogens with two attached hydrogens (primary N) is 1. The van der Waals surface area contributed by atoms with Crippen molar-refractivity contribution < 1.29 is 19.5 Å².